The molecule has 1 aromatic heterocycles. The molecule has 1 unspecified atom stereocenters. The Bertz CT molecular complexity index is 537. The van der Waals surface area contributed by atoms with Crippen LogP contribution in [0.25, 0.3) is 0 Å². The van der Waals surface area contributed by atoms with E-state index in [1.165, 1.54) is 19.8 Å². The Labute approximate surface area is 163 Å². The third-order valence-corrected chi connectivity index (χ3v) is 3.59. The Morgan fingerprint density at radius 1 is 1.41 bits per heavy atom. The summed E-state index contributed by atoms with van der Waals surface area (Å²) in [5, 5.41) is 11.5. The van der Waals surface area contributed by atoms with Crippen molar-refractivity contribution in [1.82, 2.24) is 20.6 Å². The molecule has 0 radical (unpaired) electrons. The summed E-state index contributed by atoms with van der Waals surface area (Å²) in [5.74, 6) is -1.69. The van der Waals surface area contributed by atoms with E-state index >= 15 is 0 Å². The molecule has 1 aromatic rings. The second kappa shape index (κ2) is 18.4. The van der Waals surface area contributed by atoms with Gasteiger partial charge in [-0.15, -0.1) is 0 Å². The molecule has 0 aliphatic carbocycles. The summed E-state index contributed by atoms with van der Waals surface area (Å²) in [5.41, 5.74) is 6.25. The van der Waals surface area contributed by atoms with Crippen molar-refractivity contribution in [3.8, 4) is 0 Å². The highest BCUT2D eigenvalue weighted by Gasteiger charge is 2.17. The second-order valence-electron chi connectivity index (χ2n) is 5.12. The molecule has 1 rings (SSSR count). The highest BCUT2D eigenvalue weighted by molar-refractivity contribution is 8.14. The number of aromatic nitrogens is 2. The molecule has 0 aliphatic heterocycles. The van der Waals surface area contributed by atoms with E-state index in [0.717, 1.165) is 24.0 Å². The number of hydrogen-bond donors (Lipinski definition) is 5. The maximum atomic E-state index is 11.2. The SMILES string of the molecule is CC(SC(=O)CNC=O)C(=O)NCC(=O)O.CCCCN.Cc1cnc[nH]1. The third-order valence-electron chi connectivity index (χ3n) is 2.61. The van der Waals surface area contributed by atoms with Crippen molar-refractivity contribution in [2.24, 2.45) is 5.73 Å². The molecule has 0 saturated heterocycles. The molecule has 0 bridgehead atoms. The summed E-state index contributed by atoms with van der Waals surface area (Å²) in [6, 6.07) is 0. The predicted octanol–water partition coefficient (Wildman–Crippen LogP) is 0.0448. The quantitative estimate of drug-likeness (QED) is 0.360. The topological polar surface area (TPSA) is 167 Å². The zero-order chi connectivity index (χ0) is 21.1. The number of carbonyl (C=O) groups is 4. The normalized spacial score (nSPS) is 10.2. The van der Waals surface area contributed by atoms with Crippen LogP contribution < -0.4 is 16.4 Å². The van der Waals surface area contributed by atoms with Gasteiger partial charge in [0.15, 0.2) is 0 Å². The van der Waals surface area contributed by atoms with E-state index in [-0.39, 0.29) is 11.7 Å². The lowest BCUT2D eigenvalue weighted by Gasteiger charge is -2.09. The first-order chi connectivity index (χ1) is 12.8. The van der Waals surface area contributed by atoms with Gasteiger partial charge in [0.05, 0.1) is 18.1 Å². The van der Waals surface area contributed by atoms with Gasteiger partial charge in [-0.2, -0.15) is 0 Å². The van der Waals surface area contributed by atoms with Crippen LogP contribution in [0.2, 0.25) is 0 Å². The fourth-order valence-corrected chi connectivity index (χ4v) is 2.00. The third kappa shape index (κ3) is 19.8. The van der Waals surface area contributed by atoms with Gasteiger partial charge in [-0.05, 0) is 26.8 Å². The van der Waals surface area contributed by atoms with Crippen molar-refractivity contribution in [2.45, 2.75) is 38.9 Å². The maximum Gasteiger partial charge on any atom is 0.322 e. The molecule has 1 atom stereocenters. The average molecular weight is 404 g/mol. The number of carboxylic acids is 1. The van der Waals surface area contributed by atoms with E-state index in [0.29, 0.717) is 6.41 Å². The van der Waals surface area contributed by atoms with Gasteiger partial charge in [0, 0.05) is 11.9 Å². The molecular formula is C16H29N5O5S. The first-order valence-electron chi connectivity index (χ1n) is 8.29. The van der Waals surface area contributed by atoms with Crippen LogP contribution in [0.4, 0.5) is 0 Å². The van der Waals surface area contributed by atoms with Crippen LogP contribution in [0, 0.1) is 6.92 Å². The highest BCUT2D eigenvalue weighted by atomic mass is 32.2. The number of amides is 2. The maximum absolute atomic E-state index is 11.2. The average Bonchev–Trinajstić information content (AvgIpc) is 3.10. The number of H-pyrrole nitrogens is 1. The first kappa shape index (κ1) is 26.8. The Kier molecular flexibility index (Phi) is 18.3. The number of thioether (sulfide) groups is 1. The molecule has 0 aliphatic rings. The minimum Gasteiger partial charge on any atom is -0.480 e. The highest BCUT2D eigenvalue weighted by Crippen LogP contribution is 2.10. The largest absolute Gasteiger partial charge is 0.480 e. The molecule has 6 N–H and O–H groups in total. The lowest BCUT2D eigenvalue weighted by Crippen LogP contribution is -2.36. The number of carbonyl (C=O) groups excluding carboxylic acids is 3. The van der Waals surface area contributed by atoms with E-state index in [2.05, 4.69) is 27.5 Å². The van der Waals surface area contributed by atoms with Gasteiger partial charge in [0.1, 0.15) is 6.54 Å². The molecule has 11 heteroatoms. The Morgan fingerprint density at radius 2 is 2.07 bits per heavy atom. The van der Waals surface area contributed by atoms with Crippen molar-refractivity contribution in [1.29, 1.82) is 0 Å². The zero-order valence-electron chi connectivity index (χ0n) is 15.9. The Morgan fingerprint density at radius 3 is 2.41 bits per heavy atom. The number of nitrogens with two attached hydrogens (primary N) is 1. The summed E-state index contributed by atoms with van der Waals surface area (Å²) < 4.78 is 0. The zero-order valence-corrected chi connectivity index (χ0v) is 16.7. The van der Waals surface area contributed by atoms with Crippen LogP contribution in [0.5, 0.6) is 0 Å². The van der Waals surface area contributed by atoms with Gasteiger partial charge in [-0.1, -0.05) is 25.1 Å². The lowest BCUT2D eigenvalue weighted by molar-refractivity contribution is -0.137. The minimum atomic E-state index is -1.15. The standard InChI is InChI=1S/C8H12N2O5S.C4H6N2.C4H11N/c1-5(8(15)10-2-6(12)13)16-7(14)3-9-4-11;1-4-2-5-3-6-4;1-2-3-4-5/h4-5H,2-3H2,1H3,(H,9,11)(H,10,15)(H,12,13);2-3H,1H3,(H,5,6);2-5H2,1H3. The van der Waals surface area contributed by atoms with E-state index in [1.54, 1.807) is 12.5 Å². The van der Waals surface area contributed by atoms with Crippen molar-refractivity contribution < 1.29 is 24.3 Å². The number of imidazole rings is 1. The van der Waals surface area contributed by atoms with Gasteiger partial charge in [-0.25, -0.2) is 4.98 Å². The summed E-state index contributed by atoms with van der Waals surface area (Å²) in [7, 11) is 0. The number of nitrogens with one attached hydrogen (secondary N) is 3. The smallest absolute Gasteiger partial charge is 0.322 e. The van der Waals surface area contributed by atoms with Crippen molar-refractivity contribution in [3.63, 3.8) is 0 Å². The number of aromatic amines is 1. The number of aliphatic carboxylic acids is 1. The summed E-state index contributed by atoms with van der Waals surface area (Å²) in [4.78, 5) is 49.0. The molecule has 0 saturated carbocycles. The van der Waals surface area contributed by atoms with Gasteiger partial charge in [0.25, 0.3) is 0 Å². The Hall–Kier alpha value is -2.40. The van der Waals surface area contributed by atoms with E-state index < -0.39 is 23.7 Å². The van der Waals surface area contributed by atoms with Gasteiger partial charge < -0.3 is 26.5 Å². The van der Waals surface area contributed by atoms with E-state index in [1.807, 2.05) is 6.92 Å². The van der Waals surface area contributed by atoms with E-state index in [4.69, 9.17) is 10.8 Å². The van der Waals surface area contributed by atoms with Crippen LogP contribution in [0.3, 0.4) is 0 Å². The van der Waals surface area contributed by atoms with Crippen molar-refractivity contribution in [2.75, 3.05) is 19.6 Å². The summed E-state index contributed by atoms with van der Waals surface area (Å²) in [6.45, 7) is 5.77. The number of unbranched alkanes of at least 4 members (excludes halogenated alkanes) is 1. The predicted molar refractivity (Wildman–Crippen MR) is 104 cm³/mol. The van der Waals surface area contributed by atoms with Gasteiger partial charge in [0.2, 0.25) is 17.4 Å². The fraction of sp³-hybridized carbons (Fsp3) is 0.562. The number of nitrogens with zero attached hydrogens (tertiary/aromatic N) is 1. The molecule has 0 fully saturated rings. The second-order valence-corrected chi connectivity index (χ2v) is 6.52. The van der Waals surface area contributed by atoms with Crippen LogP contribution in [0.1, 0.15) is 32.4 Å². The molecule has 1 heterocycles. The van der Waals surface area contributed by atoms with E-state index in [9.17, 15) is 19.2 Å². The molecule has 2 amide bonds. The number of hydrogen-bond acceptors (Lipinski definition) is 7. The van der Waals surface area contributed by atoms with Crippen LogP contribution >= 0.6 is 11.8 Å². The summed E-state index contributed by atoms with van der Waals surface area (Å²) in [6.07, 6.45) is 6.21. The number of carboxylic acid groups (broad SMARTS) is 1. The first-order valence-corrected chi connectivity index (χ1v) is 9.17. The number of aryl methyl sites for hydroxylation is 1. The van der Waals surface area contributed by atoms with Crippen molar-refractivity contribution in [3.05, 3.63) is 18.2 Å². The van der Waals surface area contributed by atoms with Gasteiger partial charge >= 0.3 is 5.97 Å². The van der Waals surface area contributed by atoms with Gasteiger partial charge in [-0.3, -0.25) is 19.2 Å². The van der Waals surface area contributed by atoms with Crippen LogP contribution in [-0.2, 0) is 19.2 Å². The monoisotopic (exact) mass is 403 g/mol. The van der Waals surface area contributed by atoms with Crippen molar-refractivity contribution >= 4 is 35.2 Å². The minimum absolute atomic E-state index is 0.162. The lowest BCUT2D eigenvalue weighted by atomic mass is 10.3. The molecule has 0 spiro atoms. The molecule has 0 aromatic carbocycles. The molecule has 27 heavy (non-hydrogen) atoms. The van der Waals surface area contributed by atoms with Crippen LogP contribution in [-0.4, -0.2) is 63.4 Å². The summed E-state index contributed by atoms with van der Waals surface area (Å²) >= 11 is 0.734. The van der Waals surface area contributed by atoms with Crippen LogP contribution in [0.15, 0.2) is 12.5 Å². The Balaban J connectivity index is 0. The molecule has 10 nitrogen and oxygen atoms in total. The number of rotatable bonds is 9. The molecule has 154 valence electrons. The molecular weight excluding hydrogens is 374 g/mol. The fourth-order valence-electron chi connectivity index (χ4n) is 1.25.